The van der Waals surface area contributed by atoms with Crippen LogP contribution in [-0.4, -0.2) is 32.0 Å². The number of anilines is 1. The average Bonchev–Trinajstić information content (AvgIpc) is 3.07. The zero-order chi connectivity index (χ0) is 14.7. The third kappa shape index (κ3) is 1.46. The molecule has 0 amide bonds. The molecule has 2 heterocycles. The van der Waals surface area contributed by atoms with E-state index in [0.717, 1.165) is 4.57 Å². The van der Waals surface area contributed by atoms with Crippen molar-refractivity contribution in [1.82, 2.24) is 9.55 Å². The van der Waals surface area contributed by atoms with Crippen molar-refractivity contribution in [3.8, 4) is 12.3 Å². The Morgan fingerprint density at radius 1 is 1.80 bits per heavy atom. The number of nitrogens with two attached hydrogens (primary N) is 1. The summed E-state index contributed by atoms with van der Waals surface area (Å²) < 4.78 is 21.6. The zero-order valence-corrected chi connectivity index (χ0v) is 10.8. The Bertz CT molecular complexity index is 668. The third-order valence-corrected chi connectivity index (χ3v) is 4.18. The smallest absolute Gasteiger partial charge is 0.351 e. The summed E-state index contributed by atoms with van der Waals surface area (Å²) in [4.78, 5) is 15.4. The van der Waals surface area contributed by atoms with E-state index in [1.54, 1.807) is 0 Å². The number of aliphatic hydroxyl groups excluding tert-OH is 1. The maximum absolute atomic E-state index is 15.0. The summed E-state index contributed by atoms with van der Waals surface area (Å²) in [7, 11) is 0. The van der Waals surface area contributed by atoms with Crippen LogP contribution in [0.15, 0.2) is 17.1 Å². The molecule has 0 bridgehead atoms. The number of aromatic nitrogens is 2. The summed E-state index contributed by atoms with van der Waals surface area (Å²) in [6.45, 7) is 1.52. The fraction of sp³-hybridized carbons (Fsp3) is 0.538. The highest BCUT2D eigenvalue weighted by Crippen LogP contribution is 2.66. The van der Waals surface area contributed by atoms with Crippen LogP contribution in [-0.2, 0) is 4.74 Å². The predicted octanol–water partition coefficient (Wildman–Crippen LogP) is -0.165. The Hall–Kier alpha value is -1.91. The van der Waals surface area contributed by atoms with Crippen LogP contribution in [0.2, 0.25) is 0 Å². The van der Waals surface area contributed by atoms with Gasteiger partial charge in [-0.25, -0.2) is 9.18 Å². The molecule has 20 heavy (non-hydrogen) atoms. The summed E-state index contributed by atoms with van der Waals surface area (Å²) in [5.41, 5.74) is 1.48. The van der Waals surface area contributed by atoms with E-state index in [0.29, 0.717) is 6.42 Å². The van der Waals surface area contributed by atoms with Crippen molar-refractivity contribution in [3.05, 3.63) is 22.7 Å². The number of terminal acetylenes is 1. The average molecular weight is 279 g/mol. The highest BCUT2D eigenvalue weighted by atomic mass is 19.1. The SMILES string of the molecule is C#CC1(F)C2CC2([C@@H](C)O)O[C@H]1n1ccc(N)nc1=O. The topological polar surface area (TPSA) is 90.4 Å². The zero-order valence-electron chi connectivity index (χ0n) is 10.8. The van der Waals surface area contributed by atoms with Gasteiger partial charge in [-0.15, -0.1) is 6.42 Å². The van der Waals surface area contributed by atoms with E-state index in [2.05, 4.69) is 10.9 Å². The Labute approximate surface area is 114 Å². The first-order valence-corrected chi connectivity index (χ1v) is 6.22. The lowest BCUT2D eigenvalue weighted by molar-refractivity contribution is -0.113. The van der Waals surface area contributed by atoms with Crippen LogP contribution in [0.25, 0.3) is 0 Å². The molecule has 1 aromatic rings. The molecule has 0 spiro atoms. The van der Waals surface area contributed by atoms with Crippen molar-refractivity contribution in [1.29, 1.82) is 0 Å². The molecule has 5 atom stereocenters. The lowest BCUT2D eigenvalue weighted by Crippen LogP contribution is -2.39. The highest BCUT2D eigenvalue weighted by Gasteiger charge is 2.77. The van der Waals surface area contributed by atoms with Crippen LogP contribution in [0.1, 0.15) is 19.6 Å². The van der Waals surface area contributed by atoms with Crippen molar-refractivity contribution < 1.29 is 14.2 Å². The van der Waals surface area contributed by atoms with Crippen LogP contribution in [0.4, 0.5) is 10.2 Å². The summed E-state index contributed by atoms with van der Waals surface area (Å²) in [6, 6.07) is 1.36. The molecular weight excluding hydrogens is 265 g/mol. The molecule has 1 aromatic heterocycles. The van der Waals surface area contributed by atoms with Crippen molar-refractivity contribution in [2.45, 2.75) is 36.9 Å². The van der Waals surface area contributed by atoms with E-state index in [1.807, 2.05) is 0 Å². The summed E-state index contributed by atoms with van der Waals surface area (Å²) in [5, 5.41) is 9.78. The maximum atomic E-state index is 15.0. The lowest BCUT2D eigenvalue weighted by Gasteiger charge is -2.26. The van der Waals surface area contributed by atoms with Crippen LogP contribution in [0.5, 0.6) is 0 Å². The number of ether oxygens (including phenoxy) is 1. The molecule has 0 aromatic carbocycles. The minimum atomic E-state index is -2.15. The molecule has 3 unspecified atom stereocenters. The van der Waals surface area contributed by atoms with Crippen LogP contribution >= 0.6 is 0 Å². The van der Waals surface area contributed by atoms with Crippen LogP contribution < -0.4 is 11.4 Å². The normalized spacial score (nSPS) is 39.9. The summed E-state index contributed by atoms with van der Waals surface area (Å²) in [6.07, 6.45) is 4.75. The van der Waals surface area contributed by atoms with Crippen molar-refractivity contribution in [2.75, 3.05) is 5.73 Å². The van der Waals surface area contributed by atoms with Gasteiger partial charge < -0.3 is 15.6 Å². The van der Waals surface area contributed by atoms with E-state index in [4.69, 9.17) is 16.9 Å². The van der Waals surface area contributed by atoms with Gasteiger partial charge >= 0.3 is 5.69 Å². The molecule has 1 saturated carbocycles. The van der Waals surface area contributed by atoms with E-state index in [-0.39, 0.29) is 5.82 Å². The molecule has 2 aliphatic rings. The van der Waals surface area contributed by atoms with Gasteiger partial charge in [0.1, 0.15) is 11.4 Å². The predicted molar refractivity (Wildman–Crippen MR) is 68.2 cm³/mol. The second-order valence-corrected chi connectivity index (χ2v) is 5.31. The van der Waals surface area contributed by atoms with E-state index >= 15 is 4.39 Å². The van der Waals surface area contributed by atoms with Gasteiger partial charge in [-0.05, 0) is 19.4 Å². The number of hydrogen-bond acceptors (Lipinski definition) is 5. The second kappa shape index (κ2) is 3.81. The number of hydrogen-bond donors (Lipinski definition) is 2. The monoisotopic (exact) mass is 279 g/mol. The van der Waals surface area contributed by atoms with Crippen molar-refractivity contribution in [3.63, 3.8) is 0 Å². The van der Waals surface area contributed by atoms with Crippen molar-refractivity contribution >= 4 is 5.82 Å². The second-order valence-electron chi connectivity index (χ2n) is 5.31. The molecule has 106 valence electrons. The van der Waals surface area contributed by atoms with E-state index < -0.39 is 35.2 Å². The first-order chi connectivity index (χ1) is 9.35. The summed E-state index contributed by atoms with van der Waals surface area (Å²) in [5.74, 6) is 1.48. The molecule has 1 aliphatic carbocycles. The molecule has 1 saturated heterocycles. The fourth-order valence-corrected chi connectivity index (χ4v) is 2.96. The molecule has 1 aliphatic heterocycles. The maximum Gasteiger partial charge on any atom is 0.351 e. The molecule has 0 radical (unpaired) electrons. The molecule has 7 heteroatoms. The number of rotatable bonds is 2. The van der Waals surface area contributed by atoms with Crippen molar-refractivity contribution in [2.24, 2.45) is 5.92 Å². The van der Waals surface area contributed by atoms with E-state index in [9.17, 15) is 9.90 Å². The molecule has 6 nitrogen and oxygen atoms in total. The number of halogens is 1. The van der Waals surface area contributed by atoms with Crippen LogP contribution in [0, 0.1) is 18.3 Å². The van der Waals surface area contributed by atoms with Gasteiger partial charge in [0.2, 0.25) is 5.67 Å². The molecule has 2 fully saturated rings. The first kappa shape index (κ1) is 13.1. The molecule has 3 rings (SSSR count). The first-order valence-electron chi connectivity index (χ1n) is 6.22. The fourth-order valence-electron chi connectivity index (χ4n) is 2.96. The minimum Gasteiger partial charge on any atom is -0.390 e. The molecule has 3 N–H and O–H groups in total. The molecular formula is C13H14FN3O3. The Kier molecular flexibility index (Phi) is 2.49. The largest absolute Gasteiger partial charge is 0.390 e. The van der Waals surface area contributed by atoms with Gasteiger partial charge in [-0.2, -0.15) is 4.98 Å². The number of alkyl halides is 1. The number of aliphatic hydroxyl groups is 1. The Balaban J connectivity index is 2.06. The quantitative estimate of drug-likeness (QED) is 0.734. The lowest BCUT2D eigenvalue weighted by atomic mass is 9.97. The van der Waals surface area contributed by atoms with Crippen LogP contribution in [0.3, 0.4) is 0 Å². The highest BCUT2D eigenvalue weighted by molar-refractivity contribution is 5.32. The number of nitrogen functional groups attached to an aromatic ring is 1. The minimum absolute atomic E-state index is 0.0322. The van der Waals surface area contributed by atoms with Gasteiger partial charge in [0.15, 0.2) is 6.23 Å². The van der Waals surface area contributed by atoms with Gasteiger partial charge in [-0.3, -0.25) is 4.57 Å². The van der Waals surface area contributed by atoms with E-state index in [1.165, 1.54) is 19.2 Å². The summed E-state index contributed by atoms with van der Waals surface area (Å²) >= 11 is 0. The third-order valence-electron chi connectivity index (χ3n) is 4.18. The van der Waals surface area contributed by atoms with Gasteiger partial charge in [-0.1, -0.05) is 5.92 Å². The standard InChI is InChI=1S/C13H14FN3O3/c1-3-12(14)8-6-13(8,7(2)18)20-10(12)17-5-4-9(15)16-11(17)19/h1,4-5,7-8,10,18H,6H2,2H3,(H2,15,16,19)/t7-,8?,10-,12?,13?/m1/s1. The Morgan fingerprint density at radius 3 is 3.05 bits per heavy atom. The van der Waals surface area contributed by atoms with Gasteiger partial charge in [0, 0.05) is 12.1 Å². The Morgan fingerprint density at radius 2 is 2.50 bits per heavy atom. The van der Waals surface area contributed by atoms with Gasteiger partial charge in [0.25, 0.3) is 0 Å². The number of fused-ring (bicyclic) bond motifs is 1. The number of nitrogens with zero attached hydrogens (tertiary/aromatic N) is 2. The van der Waals surface area contributed by atoms with Gasteiger partial charge in [0.05, 0.1) is 6.10 Å².